The molecule has 1 spiro atoms. The summed E-state index contributed by atoms with van der Waals surface area (Å²) in [6.45, 7) is 13.3. The number of ether oxygens (including phenoxy) is 3. The molecule has 4 aliphatic rings. The highest BCUT2D eigenvalue weighted by Crippen LogP contribution is 2.75. The van der Waals surface area contributed by atoms with Crippen molar-refractivity contribution in [3.8, 4) is 0 Å². The van der Waals surface area contributed by atoms with Gasteiger partial charge in [0.2, 0.25) is 0 Å². The highest BCUT2D eigenvalue weighted by atomic mass is 35.5. The molecule has 4 fully saturated rings. The van der Waals surface area contributed by atoms with Crippen LogP contribution in [0.1, 0.15) is 87.0 Å². The molecule has 0 aliphatic heterocycles. The van der Waals surface area contributed by atoms with Crippen LogP contribution in [0.4, 0.5) is 0 Å². The van der Waals surface area contributed by atoms with Crippen molar-refractivity contribution in [1.29, 1.82) is 0 Å². The molecule has 4 rings (SSSR count). The van der Waals surface area contributed by atoms with Gasteiger partial charge >= 0.3 is 17.9 Å². The predicted octanol–water partition coefficient (Wildman–Crippen LogP) is 5.04. The minimum atomic E-state index is -0.551. The third-order valence-electron chi connectivity index (χ3n) is 10.1. The Balaban J connectivity index is 1.85. The van der Waals surface area contributed by atoms with Gasteiger partial charge in [0.15, 0.2) is 0 Å². The minimum Gasteiger partial charge on any atom is -0.462 e. The summed E-state index contributed by atoms with van der Waals surface area (Å²) in [5, 5.41) is -0.391. The van der Waals surface area contributed by atoms with Crippen LogP contribution in [0, 0.1) is 33.5 Å². The van der Waals surface area contributed by atoms with Crippen LogP contribution >= 0.6 is 11.6 Å². The van der Waals surface area contributed by atoms with E-state index in [4.69, 9.17) is 25.8 Å². The van der Waals surface area contributed by atoms with Crippen molar-refractivity contribution >= 4 is 29.5 Å². The van der Waals surface area contributed by atoms with Crippen molar-refractivity contribution in [2.75, 3.05) is 0 Å². The number of carbonyl (C=O) groups excluding carboxylic acids is 3. The normalized spacial score (nSPS) is 47.6. The number of alkyl halides is 1. The number of hydrogen-bond donors (Lipinski definition) is 0. The first-order valence-corrected chi connectivity index (χ1v) is 12.8. The number of fused-ring (bicyclic) bond motifs is 3. The number of rotatable bonds is 3. The van der Waals surface area contributed by atoms with E-state index in [0.717, 1.165) is 32.1 Å². The number of esters is 3. The van der Waals surface area contributed by atoms with Gasteiger partial charge in [0, 0.05) is 31.6 Å². The lowest BCUT2D eigenvalue weighted by atomic mass is 9.39. The van der Waals surface area contributed by atoms with Gasteiger partial charge in [0.1, 0.15) is 18.3 Å². The van der Waals surface area contributed by atoms with Gasteiger partial charge in [-0.1, -0.05) is 27.7 Å². The summed E-state index contributed by atoms with van der Waals surface area (Å²) < 4.78 is 17.8. The summed E-state index contributed by atoms with van der Waals surface area (Å²) in [4.78, 5) is 36.3. The van der Waals surface area contributed by atoms with Gasteiger partial charge in [-0.25, -0.2) is 0 Å². The van der Waals surface area contributed by atoms with Crippen LogP contribution in [0.15, 0.2) is 0 Å². The zero-order valence-corrected chi connectivity index (χ0v) is 21.8. The molecule has 6 nitrogen and oxygen atoms in total. The van der Waals surface area contributed by atoms with Crippen LogP contribution in [0.2, 0.25) is 0 Å². The van der Waals surface area contributed by atoms with Gasteiger partial charge in [-0.2, -0.15) is 0 Å². The fourth-order valence-corrected chi connectivity index (χ4v) is 9.60. The van der Waals surface area contributed by atoms with Crippen LogP contribution in [-0.4, -0.2) is 41.6 Å². The van der Waals surface area contributed by atoms with Crippen LogP contribution in [0.25, 0.3) is 0 Å². The van der Waals surface area contributed by atoms with E-state index in [1.54, 1.807) is 0 Å². The topological polar surface area (TPSA) is 78.9 Å². The monoisotopic (exact) mass is 482 g/mol. The predicted molar refractivity (Wildman–Crippen MR) is 123 cm³/mol. The van der Waals surface area contributed by atoms with Gasteiger partial charge in [0.05, 0.1) is 5.38 Å². The standard InChI is InChI=1S/C26H39ClO6/c1-14(28)31-19-9-10-23(4,5)17-8-11-26-13-24(6,22(21(26)27)33-16(3)30)20(32-15(2)29)12-18(26)25(17,19)7/h17-22H,8-13H2,1-7H3/t17-,18+,19+,20-,21-,22+,24-,25-,26+/m1/s1. The molecular weight excluding hydrogens is 444 g/mol. The summed E-state index contributed by atoms with van der Waals surface area (Å²) in [5.74, 6) is -0.550. The van der Waals surface area contributed by atoms with E-state index in [1.165, 1.54) is 20.8 Å². The molecular formula is C26H39ClO6. The molecule has 4 aliphatic carbocycles. The third kappa shape index (κ3) is 3.52. The average Bonchev–Trinajstić information content (AvgIpc) is 2.84. The summed E-state index contributed by atoms with van der Waals surface area (Å²) in [6, 6.07) is 0. The Bertz CT molecular complexity index is 856. The molecule has 0 radical (unpaired) electrons. The third-order valence-corrected chi connectivity index (χ3v) is 10.7. The summed E-state index contributed by atoms with van der Waals surface area (Å²) in [7, 11) is 0. The van der Waals surface area contributed by atoms with E-state index >= 15 is 0 Å². The first-order valence-electron chi connectivity index (χ1n) is 12.3. The fourth-order valence-electron chi connectivity index (χ4n) is 8.93. The number of carbonyl (C=O) groups is 3. The SMILES string of the molecule is CC(=O)O[C@H]1CCC(C)(C)[C@H]2CC[C@]34C[C@](C)([C@H](OC(C)=O)C[C@H]3[C@]12C)[C@@H](OC(C)=O)[C@H]4Cl. The molecule has 0 saturated heterocycles. The van der Waals surface area contributed by atoms with Crippen LogP contribution in [0.5, 0.6) is 0 Å². The van der Waals surface area contributed by atoms with Crippen LogP contribution < -0.4 is 0 Å². The van der Waals surface area contributed by atoms with Gasteiger partial charge in [-0.15, -0.1) is 11.6 Å². The Hall–Kier alpha value is -1.30. The quantitative estimate of drug-likeness (QED) is 0.318. The van der Waals surface area contributed by atoms with Crippen molar-refractivity contribution in [2.24, 2.45) is 33.5 Å². The lowest BCUT2D eigenvalue weighted by Crippen LogP contribution is -2.64. The second kappa shape index (κ2) is 7.86. The second-order valence-electron chi connectivity index (χ2n) is 12.3. The largest absolute Gasteiger partial charge is 0.462 e. The van der Waals surface area contributed by atoms with Gasteiger partial charge < -0.3 is 14.2 Å². The Kier molecular flexibility index (Phi) is 5.91. The minimum absolute atomic E-state index is 0.0770. The molecule has 9 atom stereocenters. The number of halogens is 1. The van der Waals surface area contributed by atoms with Gasteiger partial charge in [-0.05, 0) is 61.2 Å². The van der Waals surface area contributed by atoms with Gasteiger partial charge in [0.25, 0.3) is 0 Å². The zero-order valence-electron chi connectivity index (χ0n) is 21.0. The van der Waals surface area contributed by atoms with E-state index in [0.29, 0.717) is 12.3 Å². The van der Waals surface area contributed by atoms with Gasteiger partial charge in [-0.3, -0.25) is 14.4 Å². The first-order chi connectivity index (χ1) is 15.2. The molecule has 186 valence electrons. The van der Waals surface area contributed by atoms with Crippen molar-refractivity contribution in [2.45, 2.75) is 111 Å². The Morgan fingerprint density at radius 3 is 1.94 bits per heavy atom. The molecule has 0 aromatic rings. The molecule has 0 aromatic carbocycles. The Morgan fingerprint density at radius 1 is 0.788 bits per heavy atom. The van der Waals surface area contributed by atoms with Crippen molar-refractivity contribution in [3.63, 3.8) is 0 Å². The van der Waals surface area contributed by atoms with E-state index < -0.39 is 23.0 Å². The van der Waals surface area contributed by atoms with Crippen molar-refractivity contribution < 1.29 is 28.6 Å². The van der Waals surface area contributed by atoms with Crippen molar-refractivity contribution in [3.05, 3.63) is 0 Å². The molecule has 33 heavy (non-hydrogen) atoms. The molecule has 0 N–H and O–H groups in total. The smallest absolute Gasteiger partial charge is 0.302 e. The Labute approximate surface area is 202 Å². The molecule has 0 heterocycles. The summed E-state index contributed by atoms with van der Waals surface area (Å²) in [6.07, 6.45) is 3.93. The summed E-state index contributed by atoms with van der Waals surface area (Å²) in [5.41, 5.74) is -1.04. The zero-order chi connectivity index (χ0) is 24.6. The highest BCUT2D eigenvalue weighted by Gasteiger charge is 2.75. The van der Waals surface area contributed by atoms with Crippen LogP contribution in [-0.2, 0) is 28.6 Å². The lowest BCUT2D eigenvalue weighted by Gasteiger charge is -2.66. The lowest BCUT2D eigenvalue weighted by molar-refractivity contribution is -0.229. The van der Waals surface area contributed by atoms with Crippen LogP contribution in [0.3, 0.4) is 0 Å². The highest BCUT2D eigenvalue weighted by molar-refractivity contribution is 6.22. The number of hydrogen-bond acceptors (Lipinski definition) is 6. The van der Waals surface area contributed by atoms with E-state index in [2.05, 4.69) is 27.7 Å². The average molecular weight is 483 g/mol. The maximum Gasteiger partial charge on any atom is 0.302 e. The molecule has 7 heteroatoms. The van der Waals surface area contributed by atoms with E-state index in [-0.39, 0.29) is 46.2 Å². The Morgan fingerprint density at radius 2 is 1.36 bits per heavy atom. The first kappa shape index (κ1) is 24.8. The molecule has 0 aromatic heterocycles. The van der Waals surface area contributed by atoms with Crippen molar-refractivity contribution in [1.82, 2.24) is 0 Å². The maximum atomic E-state index is 12.1. The second-order valence-corrected chi connectivity index (χ2v) is 12.8. The molecule has 2 bridgehead atoms. The van der Waals surface area contributed by atoms with E-state index in [9.17, 15) is 14.4 Å². The summed E-state index contributed by atoms with van der Waals surface area (Å²) >= 11 is 7.27. The molecule has 4 saturated carbocycles. The maximum absolute atomic E-state index is 12.1. The molecule has 0 unspecified atom stereocenters. The van der Waals surface area contributed by atoms with E-state index in [1.807, 2.05) is 0 Å². The fraction of sp³-hybridized carbons (Fsp3) is 0.885. The molecule has 0 amide bonds.